The standard InChI is InChI=1S/C14H16BrN3O/c1-3-8-18(2)14(19)13-9-12(16-17-13)10-4-6-11(15)7-5-10/h4-7,9H,3,8H2,1-2H3,(H,16,17). The zero-order valence-electron chi connectivity index (χ0n) is 11.0. The molecule has 1 heterocycles. The van der Waals surface area contributed by atoms with E-state index >= 15 is 0 Å². The quantitative estimate of drug-likeness (QED) is 0.939. The van der Waals surface area contributed by atoms with Gasteiger partial charge in [-0.15, -0.1) is 0 Å². The predicted octanol–water partition coefficient (Wildman–Crippen LogP) is 3.32. The van der Waals surface area contributed by atoms with E-state index in [0.717, 1.165) is 28.7 Å². The van der Waals surface area contributed by atoms with Crippen LogP contribution in [0.25, 0.3) is 11.3 Å². The van der Waals surface area contributed by atoms with Crippen LogP contribution in [0.1, 0.15) is 23.8 Å². The molecule has 0 fully saturated rings. The molecule has 0 saturated carbocycles. The fourth-order valence-corrected chi connectivity index (χ4v) is 2.11. The molecule has 2 aromatic rings. The number of hydrogen-bond acceptors (Lipinski definition) is 2. The van der Waals surface area contributed by atoms with Crippen molar-refractivity contribution in [1.29, 1.82) is 0 Å². The molecule has 2 rings (SSSR count). The van der Waals surface area contributed by atoms with E-state index in [9.17, 15) is 4.79 Å². The second-order valence-electron chi connectivity index (χ2n) is 4.40. The fraction of sp³-hybridized carbons (Fsp3) is 0.286. The highest BCUT2D eigenvalue weighted by atomic mass is 79.9. The molecule has 1 aromatic carbocycles. The number of carbonyl (C=O) groups excluding carboxylic acids is 1. The SMILES string of the molecule is CCCN(C)C(=O)c1cc(-c2ccc(Br)cc2)n[nH]1. The number of nitrogens with zero attached hydrogens (tertiary/aromatic N) is 2. The smallest absolute Gasteiger partial charge is 0.271 e. The van der Waals surface area contributed by atoms with Crippen LogP contribution in [0.4, 0.5) is 0 Å². The summed E-state index contributed by atoms with van der Waals surface area (Å²) in [6, 6.07) is 9.62. The number of H-pyrrole nitrogens is 1. The highest BCUT2D eigenvalue weighted by molar-refractivity contribution is 9.10. The van der Waals surface area contributed by atoms with Gasteiger partial charge in [0, 0.05) is 23.6 Å². The van der Waals surface area contributed by atoms with Crippen molar-refractivity contribution in [2.75, 3.05) is 13.6 Å². The van der Waals surface area contributed by atoms with Crippen LogP contribution in [-0.4, -0.2) is 34.6 Å². The van der Waals surface area contributed by atoms with Gasteiger partial charge in [0.15, 0.2) is 0 Å². The van der Waals surface area contributed by atoms with Crippen molar-refractivity contribution < 1.29 is 4.79 Å². The largest absolute Gasteiger partial charge is 0.340 e. The highest BCUT2D eigenvalue weighted by Crippen LogP contribution is 2.20. The average molecular weight is 322 g/mol. The lowest BCUT2D eigenvalue weighted by Gasteiger charge is -2.14. The Bertz CT molecular complexity index is 562. The maximum Gasteiger partial charge on any atom is 0.271 e. The van der Waals surface area contributed by atoms with Gasteiger partial charge in [0.05, 0.1) is 5.69 Å². The molecule has 1 aromatic heterocycles. The average Bonchev–Trinajstić information content (AvgIpc) is 2.88. The van der Waals surface area contributed by atoms with Gasteiger partial charge in [0.1, 0.15) is 5.69 Å². The van der Waals surface area contributed by atoms with E-state index < -0.39 is 0 Å². The third-order valence-electron chi connectivity index (χ3n) is 2.85. The molecule has 0 aliphatic rings. The Hall–Kier alpha value is -1.62. The van der Waals surface area contributed by atoms with Gasteiger partial charge in [0.25, 0.3) is 5.91 Å². The summed E-state index contributed by atoms with van der Waals surface area (Å²) in [6.45, 7) is 2.79. The van der Waals surface area contributed by atoms with E-state index in [4.69, 9.17) is 0 Å². The molecule has 0 atom stereocenters. The van der Waals surface area contributed by atoms with Gasteiger partial charge >= 0.3 is 0 Å². The van der Waals surface area contributed by atoms with E-state index in [0.29, 0.717) is 5.69 Å². The molecule has 100 valence electrons. The minimum absolute atomic E-state index is 0.0299. The van der Waals surface area contributed by atoms with E-state index in [1.807, 2.05) is 31.2 Å². The molecule has 1 N–H and O–H groups in total. The van der Waals surface area contributed by atoms with Gasteiger partial charge in [-0.1, -0.05) is 35.0 Å². The Morgan fingerprint density at radius 2 is 2.05 bits per heavy atom. The molecule has 0 saturated heterocycles. The van der Waals surface area contributed by atoms with Crippen LogP contribution in [0.3, 0.4) is 0 Å². The number of carbonyl (C=O) groups is 1. The number of nitrogens with one attached hydrogen (secondary N) is 1. The maximum atomic E-state index is 12.1. The Morgan fingerprint density at radius 3 is 2.68 bits per heavy atom. The van der Waals surface area contributed by atoms with Crippen molar-refractivity contribution in [2.24, 2.45) is 0 Å². The molecular formula is C14H16BrN3O. The first-order chi connectivity index (χ1) is 9.11. The maximum absolute atomic E-state index is 12.1. The van der Waals surface area contributed by atoms with Gasteiger partial charge in [0.2, 0.25) is 0 Å². The number of benzene rings is 1. The van der Waals surface area contributed by atoms with E-state index in [1.165, 1.54) is 0 Å². The predicted molar refractivity (Wildman–Crippen MR) is 79.0 cm³/mol. The fourth-order valence-electron chi connectivity index (χ4n) is 1.84. The second-order valence-corrected chi connectivity index (χ2v) is 5.32. The summed E-state index contributed by atoms with van der Waals surface area (Å²) >= 11 is 3.39. The lowest BCUT2D eigenvalue weighted by Crippen LogP contribution is -2.27. The van der Waals surface area contributed by atoms with Gasteiger partial charge in [-0.3, -0.25) is 9.89 Å². The van der Waals surface area contributed by atoms with E-state index in [2.05, 4.69) is 26.1 Å². The van der Waals surface area contributed by atoms with Crippen LogP contribution in [0.15, 0.2) is 34.8 Å². The summed E-state index contributed by atoms with van der Waals surface area (Å²) in [5.74, 6) is -0.0299. The van der Waals surface area contributed by atoms with Crippen molar-refractivity contribution in [2.45, 2.75) is 13.3 Å². The van der Waals surface area contributed by atoms with Crippen LogP contribution in [0.2, 0.25) is 0 Å². The van der Waals surface area contributed by atoms with Gasteiger partial charge in [-0.2, -0.15) is 5.10 Å². The van der Waals surface area contributed by atoms with Crippen LogP contribution in [0, 0.1) is 0 Å². The Morgan fingerprint density at radius 1 is 1.37 bits per heavy atom. The van der Waals surface area contributed by atoms with Crippen molar-refractivity contribution in [3.8, 4) is 11.3 Å². The van der Waals surface area contributed by atoms with Crippen LogP contribution in [-0.2, 0) is 0 Å². The number of aromatic amines is 1. The molecule has 0 bridgehead atoms. The summed E-state index contributed by atoms with van der Waals surface area (Å²) in [5, 5.41) is 7.00. The molecule has 0 unspecified atom stereocenters. The summed E-state index contributed by atoms with van der Waals surface area (Å²) in [5.41, 5.74) is 2.28. The van der Waals surface area contributed by atoms with Crippen LogP contribution >= 0.6 is 15.9 Å². The third kappa shape index (κ3) is 3.23. The van der Waals surface area contributed by atoms with Crippen molar-refractivity contribution in [3.05, 3.63) is 40.5 Å². The molecule has 0 radical (unpaired) electrons. The topological polar surface area (TPSA) is 49.0 Å². The molecule has 5 heteroatoms. The normalized spacial score (nSPS) is 10.5. The van der Waals surface area contributed by atoms with Gasteiger partial charge in [-0.25, -0.2) is 0 Å². The second kappa shape index (κ2) is 6.02. The minimum atomic E-state index is -0.0299. The molecule has 19 heavy (non-hydrogen) atoms. The van der Waals surface area contributed by atoms with E-state index in [-0.39, 0.29) is 5.91 Å². The van der Waals surface area contributed by atoms with Crippen molar-refractivity contribution >= 4 is 21.8 Å². The van der Waals surface area contributed by atoms with Gasteiger partial charge < -0.3 is 4.90 Å². The molecular weight excluding hydrogens is 306 g/mol. The van der Waals surface area contributed by atoms with Crippen molar-refractivity contribution in [3.63, 3.8) is 0 Å². The van der Waals surface area contributed by atoms with Crippen molar-refractivity contribution in [1.82, 2.24) is 15.1 Å². The molecule has 0 aliphatic heterocycles. The number of aromatic nitrogens is 2. The number of amides is 1. The Kier molecular flexibility index (Phi) is 4.37. The first-order valence-electron chi connectivity index (χ1n) is 6.18. The zero-order valence-corrected chi connectivity index (χ0v) is 12.6. The summed E-state index contributed by atoms with van der Waals surface area (Å²) in [6.07, 6.45) is 0.940. The lowest BCUT2D eigenvalue weighted by molar-refractivity contribution is 0.0789. The molecule has 0 aliphatic carbocycles. The van der Waals surface area contributed by atoms with Crippen LogP contribution in [0.5, 0.6) is 0 Å². The first-order valence-corrected chi connectivity index (χ1v) is 6.98. The summed E-state index contributed by atoms with van der Waals surface area (Å²) < 4.78 is 1.02. The minimum Gasteiger partial charge on any atom is -0.340 e. The third-order valence-corrected chi connectivity index (χ3v) is 3.38. The zero-order chi connectivity index (χ0) is 13.8. The molecule has 0 spiro atoms. The Balaban J connectivity index is 2.19. The molecule has 4 nitrogen and oxygen atoms in total. The summed E-state index contributed by atoms with van der Waals surface area (Å²) in [7, 11) is 1.80. The van der Waals surface area contributed by atoms with Crippen LogP contribution < -0.4 is 0 Å². The monoisotopic (exact) mass is 321 g/mol. The number of rotatable bonds is 4. The lowest BCUT2D eigenvalue weighted by atomic mass is 10.1. The first kappa shape index (κ1) is 13.8. The highest BCUT2D eigenvalue weighted by Gasteiger charge is 2.14. The number of hydrogen-bond donors (Lipinski definition) is 1. The number of halogens is 1. The van der Waals surface area contributed by atoms with E-state index in [1.54, 1.807) is 18.0 Å². The summed E-state index contributed by atoms with van der Waals surface area (Å²) in [4.78, 5) is 13.8. The Labute approximate surface area is 120 Å². The molecule has 1 amide bonds. The van der Waals surface area contributed by atoms with Gasteiger partial charge in [-0.05, 0) is 24.6 Å².